The molecular formula is C22H18ClFN4O. The average molecular weight is 409 g/mol. The van der Waals surface area contributed by atoms with Crippen molar-refractivity contribution in [2.75, 3.05) is 0 Å². The van der Waals surface area contributed by atoms with Crippen molar-refractivity contribution in [3.63, 3.8) is 0 Å². The first kappa shape index (κ1) is 20.5. The van der Waals surface area contributed by atoms with Gasteiger partial charge in [-0.05, 0) is 42.3 Å². The van der Waals surface area contributed by atoms with E-state index in [1.54, 1.807) is 0 Å². The van der Waals surface area contributed by atoms with Gasteiger partial charge < -0.3 is 10.3 Å². The third-order valence-electron chi connectivity index (χ3n) is 4.69. The van der Waals surface area contributed by atoms with Crippen LogP contribution < -0.4 is 5.73 Å². The van der Waals surface area contributed by atoms with E-state index >= 15 is 0 Å². The molecule has 2 N–H and O–H groups in total. The van der Waals surface area contributed by atoms with Crippen LogP contribution in [0.5, 0.6) is 0 Å². The number of nitrogens with zero attached hydrogens (tertiary/aromatic N) is 3. The summed E-state index contributed by atoms with van der Waals surface area (Å²) < 4.78 is 19.6. The van der Waals surface area contributed by atoms with E-state index in [0.29, 0.717) is 11.3 Å². The van der Waals surface area contributed by atoms with Crippen molar-refractivity contribution in [1.29, 1.82) is 5.26 Å². The zero-order chi connectivity index (χ0) is 19.7. The zero-order valence-corrected chi connectivity index (χ0v) is 16.4. The number of nitrogens with two attached hydrogens (primary N) is 1. The number of fused-ring (bicyclic) bond motifs is 1. The summed E-state index contributed by atoms with van der Waals surface area (Å²) in [5.74, 6) is -0.478. The number of hydrogen-bond acceptors (Lipinski definition) is 5. The second kappa shape index (κ2) is 8.39. The van der Waals surface area contributed by atoms with E-state index in [1.165, 1.54) is 12.1 Å². The van der Waals surface area contributed by atoms with Gasteiger partial charge in [0, 0.05) is 23.4 Å². The maximum Gasteiger partial charge on any atom is 0.167 e. The van der Waals surface area contributed by atoms with Crippen LogP contribution in [-0.4, -0.2) is 10.1 Å². The van der Waals surface area contributed by atoms with Gasteiger partial charge in [-0.1, -0.05) is 35.5 Å². The molecule has 0 amide bonds. The highest BCUT2D eigenvalue weighted by molar-refractivity contribution is 5.92. The fourth-order valence-electron chi connectivity index (χ4n) is 3.28. The minimum Gasteiger partial charge on any atom is -0.356 e. The summed E-state index contributed by atoms with van der Waals surface area (Å²) >= 11 is 0. The summed E-state index contributed by atoms with van der Waals surface area (Å²) in [6.07, 6.45) is 0.160. The molecule has 0 spiro atoms. The van der Waals surface area contributed by atoms with Crippen LogP contribution in [0.3, 0.4) is 0 Å². The molecular weight excluding hydrogens is 391 g/mol. The van der Waals surface area contributed by atoms with Gasteiger partial charge in [-0.3, -0.25) is 0 Å². The van der Waals surface area contributed by atoms with Gasteiger partial charge in [-0.2, -0.15) is 5.26 Å². The number of aryl methyl sites for hydroxylation is 1. The molecule has 1 atom stereocenters. The van der Waals surface area contributed by atoms with Gasteiger partial charge in [-0.15, -0.1) is 12.4 Å². The van der Waals surface area contributed by atoms with Gasteiger partial charge >= 0.3 is 0 Å². The van der Waals surface area contributed by atoms with Crippen LogP contribution >= 0.6 is 12.4 Å². The molecule has 1 unspecified atom stereocenters. The summed E-state index contributed by atoms with van der Waals surface area (Å²) in [5.41, 5.74) is 10.9. The van der Waals surface area contributed by atoms with Crippen LogP contribution in [0.2, 0.25) is 0 Å². The van der Waals surface area contributed by atoms with E-state index in [9.17, 15) is 4.39 Å². The van der Waals surface area contributed by atoms with Crippen molar-refractivity contribution < 1.29 is 8.91 Å². The smallest absolute Gasteiger partial charge is 0.167 e. The van der Waals surface area contributed by atoms with Crippen LogP contribution in [0.4, 0.5) is 4.39 Å². The monoisotopic (exact) mass is 408 g/mol. The van der Waals surface area contributed by atoms with E-state index < -0.39 is 11.9 Å². The lowest BCUT2D eigenvalue weighted by Crippen LogP contribution is -2.16. The second-order valence-corrected chi connectivity index (χ2v) is 6.67. The molecule has 7 heteroatoms. The van der Waals surface area contributed by atoms with E-state index in [2.05, 4.69) is 10.1 Å². The van der Waals surface area contributed by atoms with Crippen molar-refractivity contribution in [2.24, 2.45) is 5.73 Å². The first-order valence-corrected chi connectivity index (χ1v) is 8.83. The standard InChI is InChI=1S/C22H17FN4O.ClH/c1-13-6-8-17-21(10-13)28-27-22(17)16-5-3-2-4-15(16)19(25)11-20-18(23)9-7-14(12-24)26-20;/h2-10,19H,11,25H2,1H3;1H. The fourth-order valence-corrected chi connectivity index (χ4v) is 3.28. The summed E-state index contributed by atoms with van der Waals surface area (Å²) in [6.45, 7) is 1.99. The number of hydrogen-bond donors (Lipinski definition) is 1. The fraction of sp³-hybridized carbons (Fsp3) is 0.136. The molecule has 0 bridgehead atoms. The molecule has 2 aromatic carbocycles. The number of pyridine rings is 1. The molecule has 2 aromatic heterocycles. The summed E-state index contributed by atoms with van der Waals surface area (Å²) in [7, 11) is 0. The van der Waals surface area contributed by atoms with Gasteiger partial charge in [0.15, 0.2) is 5.58 Å². The predicted octanol–water partition coefficient (Wildman–Crippen LogP) is 4.87. The molecule has 0 aliphatic heterocycles. The van der Waals surface area contributed by atoms with Crippen LogP contribution in [0.15, 0.2) is 59.1 Å². The maximum absolute atomic E-state index is 14.1. The third kappa shape index (κ3) is 3.97. The van der Waals surface area contributed by atoms with Crippen molar-refractivity contribution in [3.8, 4) is 17.3 Å². The molecule has 5 nitrogen and oxygen atoms in total. The Balaban J connectivity index is 0.00000240. The lowest BCUT2D eigenvalue weighted by Gasteiger charge is -2.16. The number of rotatable bonds is 4. The summed E-state index contributed by atoms with van der Waals surface area (Å²) in [4.78, 5) is 4.06. The Kier molecular flexibility index (Phi) is 5.92. The van der Waals surface area contributed by atoms with Crippen LogP contribution in [0, 0.1) is 24.1 Å². The highest BCUT2D eigenvalue weighted by Crippen LogP contribution is 2.33. The molecule has 0 aliphatic carbocycles. The van der Waals surface area contributed by atoms with Crippen molar-refractivity contribution in [3.05, 3.63) is 82.9 Å². The molecule has 4 aromatic rings. The minimum absolute atomic E-state index is 0. The van der Waals surface area contributed by atoms with Crippen LogP contribution in [-0.2, 0) is 6.42 Å². The number of halogens is 2. The Labute approximate surface area is 173 Å². The Bertz CT molecular complexity index is 1220. The van der Waals surface area contributed by atoms with E-state index in [0.717, 1.165) is 22.1 Å². The lowest BCUT2D eigenvalue weighted by molar-refractivity contribution is 0.459. The van der Waals surface area contributed by atoms with E-state index in [-0.39, 0.29) is 30.2 Å². The van der Waals surface area contributed by atoms with E-state index in [4.69, 9.17) is 15.5 Å². The van der Waals surface area contributed by atoms with Gasteiger partial charge in [-0.25, -0.2) is 9.37 Å². The minimum atomic E-state index is -0.524. The molecule has 0 saturated carbocycles. The quantitative estimate of drug-likeness (QED) is 0.520. The lowest BCUT2D eigenvalue weighted by atomic mass is 9.94. The predicted molar refractivity (Wildman–Crippen MR) is 111 cm³/mol. The molecule has 0 fully saturated rings. The number of aromatic nitrogens is 2. The van der Waals surface area contributed by atoms with Crippen molar-refractivity contribution >= 4 is 23.4 Å². The molecule has 4 rings (SSSR count). The van der Waals surface area contributed by atoms with Crippen molar-refractivity contribution in [2.45, 2.75) is 19.4 Å². The largest absolute Gasteiger partial charge is 0.356 e. The molecule has 146 valence electrons. The zero-order valence-electron chi connectivity index (χ0n) is 15.6. The maximum atomic E-state index is 14.1. The number of nitriles is 1. The first-order valence-electron chi connectivity index (χ1n) is 8.83. The van der Waals surface area contributed by atoms with E-state index in [1.807, 2.05) is 55.5 Å². The highest BCUT2D eigenvalue weighted by Gasteiger charge is 2.19. The summed E-state index contributed by atoms with van der Waals surface area (Å²) in [6, 6.07) is 17.5. The van der Waals surface area contributed by atoms with Crippen LogP contribution in [0.25, 0.3) is 22.2 Å². The Morgan fingerprint density at radius 2 is 1.97 bits per heavy atom. The number of benzene rings is 2. The molecule has 0 aliphatic rings. The van der Waals surface area contributed by atoms with Gasteiger partial charge in [0.25, 0.3) is 0 Å². The molecule has 29 heavy (non-hydrogen) atoms. The van der Waals surface area contributed by atoms with Crippen molar-refractivity contribution in [1.82, 2.24) is 10.1 Å². The Morgan fingerprint density at radius 1 is 1.17 bits per heavy atom. The van der Waals surface area contributed by atoms with Crippen LogP contribution in [0.1, 0.15) is 28.6 Å². The van der Waals surface area contributed by atoms with Gasteiger partial charge in [0.05, 0.1) is 5.69 Å². The third-order valence-corrected chi connectivity index (χ3v) is 4.69. The summed E-state index contributed by atoms with van der Waals surface area (Å²) in [5, 5.41) is 14.1. The normalized spacial score (nSPS) is 11.7. The highest BCUT2D eigenvalue weighted by atomic mass is 35.5. The first-order chi connectivity index (χ1) is 13.6. The molecule has 0 saturated heterocycles. The Morgan fingerprint density at radius 3 is 2.76 bits per heavy atom. The second-order valence-electron chi connectivity index (χ2n) is 6.67. The topological polar surface area (TPSA) is 88.7 Å². The SMILES string of the molecule is Cc1ccc2c(-c3ccccc3C(N)Cc3nc(C#N)ccc3F)noc2c1.Cl. The average Bonchev–Trinajstić information content (AvgIpc) is 3.12. The molecule has 2 heterocycles. The molecule has 0 radical (unpaired) electrons. The Hall–Kier alpha value is -3.27. The van der Waals surface area contributed by atoms with Gasteiger partial charge in [0.1, 0.15) is 23.3 Å². The van der Waals surface area contributed by atoms with Gasteiger partial charge in [0.2, 0.25) is 0 Å².